The fourth-order valence-corrected chi connectivity index (χ4v) is 4.33. The minimum Gasteiger partial charge on any atom is -0.298 e. The highest BCUT2D eigenvalue weighted by atomic mass is 32.1. The maximum Gasteiger partial charge on any atom is 0.257 e. The summed E-state index contributed by atoms with van der Waals surface area (Å²) >= 11 is 2.80. The van der Waals surface area contributed by atoms with E-state index in [2.05, 4.69) is 62.1 Å². The van der Waals surface area contributed by atoms with E-state index in [0.29, 0.717) is 21.4 Å². The molecule has 0 atom stereocenters. The number of hydrogen-bond acceptors (Lipinski definition) is 6. The topological polar surface area (TPSA) is 84.0 Å². The van der Waals surface area contributed by atoms with Crippen LogP contribution in [0.3, 0.4) is 0 Å². The molecule has 1 aromatic carbocycles. The minimum atomic E-state index is -0.258. The summed E-state index contributed by atoms with van der Waals surface area (Å²) in [4.78, 5) is 33.9. The smallest absolute Gasteiger partial charge is 0.257 e. The van der Waals surface area contributed by atoms with Crippen LogP contribution in [-0.4, -0.2) is 21.8 Å². The lowest BCUT2D eigenvalue weighted by atomic mass is 9.93. The van der Waals surface area contributed by atoms with Gasteiger partial charge >= 0.3 is 0 Å². The number of amides is 2. The predicted molar refractivity (Wildman–Crippen MR) is 124 cm³/mol. The van der Waals surface area contributed by atoms with Gasteiger partial charge in [0.25, 0.3) is 11.8 Å². The molecule has 30 heavy (non-hydrogen) atoms. The first-order valence-corrected chi connectivity index (χ1v) is 11.3. The quantitative estimate of drug-likeness (QED) is 0.543. The van der Waals surface area contributed by atoms with Gasteiger partial charge in [0.1, 0.15) is 0 Å². The van der Waals surface area contributed by atoms with Gasteiger partial charge in [0.15, 0.2) is 10.3 Å². The van der Waals surface area contributed by atoms with Crippen molar-refractivity contribution in [3.63, 3.8) is 0 Å². The molecule has 0 spiro atoms. The van der Waals surface area contributed by atoms with Gasteiger partial charge in [-0.1, -0.05) is 41.5 Å². The fraction of sp³-hybridized carbons (Fsp3) is 0.364. The molecular formula is C22H26N4O2S2. The van der Waals surface area contributed by atoms with Crippen molar-refractivity contribution in [1.29, 1.82) is 0 Å². The number of thiazole rings is 2. The number of benzene rings is 1. The van der Waals surface area contributed by atoms with Gasteiger partial charge in [0.05, 0.1) is 11.4 Å². The van der Waals surface area contributed by atoms with Gasteiger partial charge < -0.3 is 0 Å². The molecule has 3 rings (SSSR count). The van der Waals surface area contributed by atoms with E-state index >= 15 is 0 Å². The van der Waals surface area contributed by atoms with Gasteiger partial charge in [-0.25, -0.2) is 9.97 Å². The normalized spacial score (nSPS) is 11.9. The predicted octanol–water partition coefficient (Wildman–Crippen LogP) is 5.70. The van der Waals surface area contributed by atoms with Crippen molar-refractivity contribution in [1.82, 2.24) is 9.97 Å². The Balaban J connectivity index is 1.64. The third-order valence-corrected chi connectivity index (χ3v) is 5.91. The SMILES string of the molecule is CC(C)(C)c1csc(NC(=O)c2ccc(C(=O)Nc3nc(C(C)(C)C)cs3)cc2)n1. The van der Waals surface area contributed by atoms with Crippen LogP contribution in [-0.2, 0) is 10.8 Å². The van der Waals surface area contributed by atoms with Gasteiger partial charge in [-0.2, -0.15) is 0 Å². The van der Waals surface area contributed by atoms with Crippen molar-refractivity contribution < 1.29 is 9.59 Å². The van der Waals surface area contributed by atoms with Gasteiger partial charge in [0, 0.05) is 32.7 Å². The van der Waals surface area contributed by atoms with E-state index < -0.39 is 0 Å². The van der Waals surface area contributed by atoms with Crippen LogP contribution >= 0.6 is 22.7 Å². The Morgan fingerprint density at radius 3 is 1.30 bits per heavy atom. The molecule has 2 heterocycles. The highest BCUT2D eigenvalue weighted by molar-refractivity contribution is 7.14. The van der Waals surface area contributed by atoms with E-state index in [4.69, 9.17) is 0 Å². The molecule has 0 saturated heterocycles. The summed E-state index contributed by atoms with van der Waals surface area (Å²) in [7, 11) is 0. The summed E-state index contributed by atoms with van der Waals surface area (Å²) in [5.74, 6) is -0.516. The van der Waals surface area contributed by atoms with Crippen molar-refractivity contribution >= 4 is 44.8 Å². The molecule has 2 N–H and O–H groups in total. The summed E-state index contributed by atoms with van der Waals surface area (Å²) in [5, 5.41) is 10.7. The number of carbonyl (C=O) groups excluding carboxylic acids is 2. The molecule has 6 nitrogen and oxygen atoms in total. The van der Waals surface area contributed by atoms with Crippen molar-refractivity contribution in [3.8, 4) is 0 Å². The van der Waals surface area contributed by atoms with E-state index in [1.54, 1.807) is 24.3 Å². The number of hydrogen-bond donors (Lipinski definition) is 2. The minimum absolute atomic E-state index is 0.0699. The Kier molecular flexibility index (Phi) is 6.10. The molecule has 0 radical (unpaired) electrons. The van der Waals surface area contributed by atoms with Crippen LogP contribution in [0.1, 0.15) is 73.6 Å². The molecule has 2 aromatic heterocycles. The Morgan fingerprint density at radius 1 is 0.700 bits per heavy atom. The van der Waals surface area contributed by atoms with E-state index in [1.807, 2.05) is 10.8 Å². The first-order valence-electron chi connectivity index (χ1n) is 9.58. The second-order valence-corrected chi connectivity index (χ2v) is 10.8. The zero-order valence-electron chi connectivity index (χ0n) is 18.0. The number of nitrogens with one attached hydrogen (secondary N) is 2. The zero-order chi connectivity index (χ0) is 22.1. The summed E-state index contributed by atoms with van der Waals surface area (Å²) in [6, 6.07) is 6.52. The van der Waals surface area contributed by atoms with Crippen LogP contribution in [0.2, 0.25) is 0 Å². The number of aromatic nitrogens is 2. The van der Waals surface area contributed by atoms with Crippen LogP contribution in [0.5, 0.6) is 0 Å². The van der Waals surface area contributed by atoms with E-state index in [-0.39, 0.29) is 22.6 Å². The molecule has 0 aliphatic rings. The Hall–Kier alpha value is -2.58. The number of carbonyl (C=O) groups is 2. The van der Waals surface area contributed by atoms with Crippen LogP contribution < -0.4 is 10.6 Å². The van der Waals surface area contributed by atoms with Crippen molar-refractivity contribution in [3.05, 3.63) is 57.5 Å². The summed E-state index contributed by atoms with van der Waals surface area (Å²) in [6.45, 7) is 12.5. The molecule has 0 saturated carbocycles. The second kappa shape index (κ2) is 8.28. The molecule has 0 unspecified atom stereocenters. The molecule has 0 bridgehead atoms. The molecule has 8 heteroatoms. The summed E-state index contributed by atoms with van der Waals surface area (Å²) in [6.07, 6.45) is 0. The van der Waals surface area contributed by atoms with Crippen molar-refractivity contribution in [2.45, 2.75) is 52.4 Å². The number of nitrogens with zero attached hydrogens (tertiary/aromatic N) is 2. The van der Waals surface area contributed by atoms with Gasteiger partial charge in [-0.3, -0.25) is 20.2 Å². The fourth-order valence-electron chi connectivity index (χ4n) is 2.46. The van der Waals surface area contributed by atoms with Crippen LogP contribution in [0.15, 0.2) is 35.0 Å². The van der Waals surface area contributed by atoms with E-state index in [9.17, 15) is 9.59 Å². The maximum atomic E-state index is 12.5. The van der Waals surface area contributed by atoms with Crippen LogP contribution in [0.25, 0.3) is 0 Å². The monoisotopic (exact) mass is 442 g/mol. The van der Waals surface area contributed by atoms with E-state index in [1.165, 1.54) is 22.7 Å². The number of anilines is 2. The Morgan fingerprint density at radius 2 is 1.03 bits per heavy atom. The Labute approximate surface area is 184 Å². The van der Waals surface area contributed by atoms with Crippen molar-refractivity contribution in [2.24, 2.45) is 0 Å². The summed E-state index contributed by atoms with van der Waals surface area (Å²) < 4.78 is 0. The molecule has 0 aliphatic heterocycles. The largest absolute Gasteiger partial charge is 0.298 e. The first-order chi connectivity index (χ1) is 13.9. The zero-order valence-corrected chi connectivity index (χ0v) is 19.6. The molecule has 0 aliphatic carbocycles. The lowest BCUT2D eigenvalue weighted by Crippen LogP contribution is -2.15. The lowest BCUT2D eigenvalue weighted by molar-refractivity contribution is 0.101. The lowest BCUT2D eigenvalue weighted by Gasteiger charge is -2.14. The standard InChI is InChI=1S/C22H26N4O2S2/c1-21(2,3)15-11-29-19(23-15)25-17(27)13-7-9-14(10-8-13)18(28)26-20-24-16(12-30-20)22(4,5)6/h7-12H,1-6H3,(H,23,25,27)(H,24,26,28). The maximum absolute atomic E-state index is 12.5. The van der Waals surface area contributed by atoms with E-state index in [0.717, 1.165) is 11.4 Å². The molecule has 0 fully saturated rings. The van der Waals surface area contributed by atoms with Crippen LogP contribution in [0, 0.1) is 0 Å². The van der Waals surface area contributed by atoms with Gasteiger partial charge in [-0.05, 0) is 24.3 Å². The van der Waals surface area contributed by atoms with Gasteiger partial charge in [0.2, 0.25) is 0 Å². The average molecular weight is 443 g/mol. The highest BCUT2D eigenvalue weighted by Gasteiger charge is 2.20. The van der Waals surface area contributed by atoms with Crippen molar-refractivity contribution in [2.75, 3.05) is 10.6 Å². The average Bonchev–Trinajstić information content (AvgIpc) is 3.31. The third kappa shape index (κ3) is 5.31. The molecule has 158 valence electrons. The molecule has 3 aromatic rings. The summed E-state index contributed by atoms with van der Waals surface area (Å²) in [5.41, 5.74) is 2.66. The highest BCUT2D eigenvalue weighted by Crippen LogP contribution is 2.27. The third-order valence-electron chi connectivity index (χ3n) is 4.40. The van der Waals surface area contributed by atoms with Gasteiger partial charge in [-0.15, -0.1) is 22.7 Å². The van der Waals surface area contributed by atoms with Crippen LogP contribution in [0.4, 0.5) is 10.3 Å². The molecule has 2 amide bonds. The second-order valence-electron chi connectivity index (χ2n) is 9.06. The Bertz CT molecular complexity index is 969. The number of rotatable bonds is 4. The first kappa shape index (κ1) is 22.1. The molecular weight excluding hydrogens is 416 g/mol.